The average Bonchev–Trinajstić information content (AvgIpc) is 3.05. The molecule has 3 rings (SSSR count). The Morgan fingerprint density at radius 1 is 1.32 bits per heavy atom. The molecule has 0 fully saturated rings. The molecule has 3 heterocycles. The van der Waals surface area contributed by atoms with Crippen LogP contribution in [0.25, 0.3) is 16.9 Å². The maximum Gasteiger partial charge on any atom is 0.420 e. The highest BCUT2D eigenvalue weighted by Gasteiger charge is 2.20. The number of hydrogen-bond donors (Lipinski definition) is 0. The van der Waals surface area contributed by atoms with Gasteiger partial charge in [0.1, 0.15) is 5.60 Å². The van der Waals surface area contributed by atoms with Crippen molar-refractivity contribution in [2.45, 2.75) is 26.4 Å². The van der Waals surface area contributed by atoms with Crippen LogP contribution in [0.3, 0.4) is 0 Å². The number of carbonyl (C=O) groups is 1. The number of aromatic nitrogens is 5. The van der Waals surface area contributed by atoms with Crippen LogP contribution in [0, 0.1) is 0 Å². The number of carbonyl (C=O) groups excluding carboxylic acids is 1. The van der Waals surface area contributed by atoms with Crippen molar-refractivity contribution in [1.82, 2.24) is 24.5 Å². The number of halogens is 1. The maximum atomic E-state index is 12.3. The van der Waals surface area contributed by atoms with Crippen molar-refractivity contribution in [3.05, 3.63) is 35.2 Å². The summed E-state index contributed by atoms with van der Waals surface area (Å²) < 4.78 is 9.11. The van der Waals surface area contributed by atoms with Crippen LogP contribution in [0.4, 0.5) is 4.79 Å². The molecule has 3 aromatic heterocycles. The molecule has 0 bridgehead atoms. The van der Waals surface area contributed by atoms with Crippen molar-refractivity contribution in [3.8, 4) is 5.82 Å². The monoisotopic (exact) mass is 363 g/mol. The van der Waals surface area contributed by atoms with Gasteiger partial charge < -0.3 is 4.74 Å². The van der Waals surface area contributed by atoms with Crippen molar-refractivity contribution < 1.29 is 9.53 Å². The van der Waals surface area contributed by atoms with E-state index in [1.54, 1.807) is 24.7 Å². The lowest BCUT2D eigenvalue weighted by atomic mass is 10.2. The Balaban J connectivity index is 2.11. The second-order valence-electron chi connectivity index (χ2n) is 5.71. The van der Waals surface area contributed by atoms with E-state index >= 15 is 0 Å². The van der Waals surface area contributed by atoms with Gasteiger partial charge in [-0.05, 0) is 48.8 Å². The third kappa shape index (κ3) is 2.74. The molecule has 0 N–H and O–H groups in total. The summed E-state index contributed by atoms with van der Waals surface area (Å²) >= 11 is 3.49. The Morgan fingerprint density at radius 2 is 2.09 bits per heavy atom. The number of fused-ring (bicyclic) bond motifs is 1. The van der Waals surface area contributed by atoms with Crippen molar-refractivity contribution in [2.75, 3.05) is 0 Å². The highest BCUT2D eigenvalue weighted by atomic mass is 79.9. The summed E-state index contributed by atoms with van der Waals surface area (Å²) in [5.41, 5.74) is -0.0804. The number of nitrogens with zero attached hydrogens (tertiary/aromatic N) is 5. The Kier molecular flexibility index (Phi) is 3.48. The summed E-state index contributed by atoms with van der Waals surface area (Å²) in [7, 11) is 0. The van der Waals surface area contributed by atoms with E-state index in [2.05, 4.69) is 31.2 Å². The molecule has 0 unspecified atom stereocenters. The highest BCUT2D eigenvalue weighted by Crippen LogP contribution is 2.26. The summed E-state index contributed by atoms with van der Waals surface area (Å²) in [5.74, 6) is 0.556. The molecule has 0 aliphatic heterocycles. The molecule has 0 saturated carbocycles. The van der Waals surface area contributed by atoms with Crippen LogP contribution >= 0.6 is 15.9 Å². The Labute approximate surface area is 135 Å². The second kappa shape index (κ2) is 5.20. The molecule has 0 amide bonds. The molecule has 3 aromatic rings. The first-order valence-corrected chi connectivity index (χ1v) is 7.42. The van der Waals surface area contributed by atoms with Crippen molar-refractivity contribution >= 4 is 33.1 Å². The molecule has 8 heteroatoms. The third-order valence-corrected chi connectivity index (χ3v) is 3.50. The molecule has 0 saturated heterocycles. The lowest BCUT2D eigenvalue weighted by molar-refractivity contribution is 0.0543. The molecular formula is C14H14BrN5O2. The normalized spacial score (nSPS) is 11.8. The lowest BCUT2D eigenvalue weighted by Crippen LogP contribution is -2.27. The SMILES string of the molecule is CC(C)(C)OC(=O)n1ccc2c(Br)cc(-n3ccnn3)nc21. The van der Waals surface area contributed by atoms with E-state index in [1.807, 2.05) is 26.8 Å². The van der Waals surface area contributed by atoms with Gasteiger partial charge in [0, 0.05) is 16.1 Å². The van der Waals surface area contributed by atoms with Gasteiger partial charge in [0.15, 0.2) is 11.5 Å². The Morgan fingerprint density at radius 3 is 2.73 bits per heavy atom. The molecule has 114 valence electrons. The van der Waals surface area contributed by atoms with E-state index in [9.17, 15) is 4.79 Å². The second-order valence-corrected chi connectivity index (χ2v) is 6.57. The van der Waals surface area contributed by atoms with Crippen LogP contribution in [-0.2, 0) is 4.74 Å². The van der Waals surface area contributed by atoms with Crippen molar-refractivity contribution in [2.24, 2.45) is 0 Å². The van der Waals surface area contributed by atoms with Gasteiger partial charge in [-0.15, -0.1) is 5.10 Å². The topological polar surface area (TPSA) is 74.8 Å². The first kappa shape index (κ1) is 14.7. The summed E-state index contributed by atoms with van der Waals surface area (Å²) in [4.78, 5) is 16.8. The fourth-order valence-electron chi connectivity index (χ4n) is 1.96. The van der Waals surface area contributed by atoms with Crippen LogP contribution < -0.4 is 0 Å². The molecule has 0 spiro atoms. The first-order chi connectivity index (χ1) is 10.3. The van der Waals surface area contributed by atoms with Gasteiger partial charge in [-0.2, -0.15) is 0 Å². The summed E-state index contributed by atoms with van der Waals surface area (Å²) in [5, 5.41) is 8.49. The van der Waals surface area contributed by atoms with E-state index < -0.39 is 11.7 Å². The maximum absolute atomic E-state index is 12.3. The summed E-state index contributed by atoms with van der Waals surface area (Å²) in [6, 6.07) is 3.62. The standard InChI is InChI=1S/C14H14BrN5O2/c1-14(2,3)22-13(21)19-6-4-9-10(15)8-11(17-12(9)19)20-7-5-16-18-20/h4-8H,1-3H3. The van der Waals surface area contributed by atoms with E-state index in [1.165, 1.54) is 9.25 Å². The molecular weight excluding hydrogens is 350 g/mol. The van der Waals surface area contributed by atoms with Crippen LogP contribution in [-0.4, -0.2) is 36.2 Å². The quantitative estimate of drug-likeness (QED) is 0.663. The van der Waals surface area contributed by atoms with Gasteiger partial charge >= 0.3 is 6.09 Å². The highest BCUT2D eigenvalue weighted by molar-refractivity contribution is 9.10. The summed E-state index contributed by atoms with van der Waals surface area (Å²) in [6.45, 7) is 5.46. The van der Waals surface area contributed by atoms with E-state index in [0.29, 0.717) is 11.5 Å². The van der Waals surface area contributed by atoms with Gasteiger partial charge in [0.25, 0.3) is 0 Å². The summed E-state index contributed by atoms with van der Waals surface area (Å²) in [6.07, 6.45) is 4.41. The van der Waals surface area contributed by atoms with Gasteiger partial charge in [-0.1, -0.05) is 5.21 Å². The molecule has 0 radical (unpaired) electrons. The van der Waals surface area contributed by atoms with E-state index in [0.717, 1.165) is 9.86 Å². The minimum Gasteiger partial charge on any atom is -0.443 e. The number of hydrogen-bond acceptors (Lipinski definition) is 5. The zero-order valence-corrected chi connectivity index (χ0v) is 13.9. The largest absolute Gasteiger partial charge is 0.443 e. The van der Waals surface area contributed by atoms with Gasteiger partial charge in [-0.25, -0.2) is 19.0 Å². The minimum absolute atomic E-state index is 0.474. The van der Waals surface area contributed by atoms with E-state index in [-0.39, 0.29) is 0 Å². The average molecular weight is 364 g/mol. The molecule has 7 nitrogen and oxygen atoms in total. The molecule has 22 heavy (non-hydrogen) atoms. The molecule has 0 aliphatic carbocycles. The van der Waals surface area contributed by atoms with Gasteiger partial charge in [-0.3, -0.25) is 0 Å². The van der Waals surface area contributed by atoms with Gasteiger partial charge in [0.05, 0.1) is 12.4 Å². The zero-order chi connectivity index (χ0) is 15.9. The number of ether oxygens (including phenoxy) is 1. The number of rotatable bonds is 1. The van der Waals surface area contributed by atoms with Crippen molar-refractivity contribution in [1.29, 1.82) is 0 Å². The minimum atomic E-state index is -0.575. The molecule has 0 aliphatic rings. The molecule has 0 atom stereocenters. The predicted molar refractivity (Wildman–Crippen MR) is 84.0 cm³/mol. The van der Waals surface area contributed by atoms with Crippen LogP contribution in [0.15, 0.2) is 35.2 Å². The van der Waals surface area contributed by atoms with Gasteiger partial charge in [0.2, 0.25) is 0 Å². The predicted octanol–water partition coefficient (Wildman–Crippen LogP) is 3.16. The number of pyridine rings is 1. The third-order valence-electron chi connectivity index (χ3n) is 2.84. The first-order valence-electron chi connectivity index (χ1n) is 6.63. The molecule has 0 aromatic carbocycles. The smallest absolute Gasteiger partial charge is 0.420 e. The van der Waals surface area contributed by atoms with Crippen LogP contribution in [0.2, 0.25) is 0 Å². The Bertz CT molecular complexity index is 833. The van der Waals surface area contributed by atoms with E-state index in [4.69, 9.17) is 4.74 Å². The van der Waals surface area contributed by atoms with Crippen molar-refractivity contribution in [3.63, 3.8) is 0 Å². The Hall–Kier alpha value is -2.22. The lowest BCUT2D eigenvalue weighted by Gasteiger charge is -2.19. The fourth-order valence-corrected chi connectivity index (χ4v) is 2.48. The van der Waals surface area contributed by atoms with Crippen LogP contribution in [0.5, 0.6) is 0 Å². The van der Waals surface area contributed by atoms with Crippen LogP contribution in [0.1, 0.15) is 20.8 Å². The zero-order valence-electron chi connectivity index (χ0n) is 12.3. The fraction of sp³-hybridized carbons (Fsp3) is 0.286.